The molecule has 0 aliphatic carbocycles. The number of carbonyl (C=O) groups is 1. The number of rotatable bonds is 6. The fraction of sp³-hybridized carbons (Fsp3) is 0.900. The molecule has 0 unspecified atom stereocenters. The maximum Gasteiger partial charge on any atom is 0.265 e. The van der Waals surface area contributed by atoms with Crippen molar-refractivity contribution in [2.45, 2.75) is 40.5 Å². The van der Waals surface area contributed by atoms with E-state index in [1.165, 1.54) is 0 Å². The Balaban J connectivity index is 4.56. The highest BCUT2D eigenvalue weighted by molar-refractivity contribution is 7.85. The van der Waals surface area contributed by atoms with Gasteiger partial charge in [0, 0.05) is 6.42 Å². The van der Waals surface area contributed by atoms with Gasteiger partial charge in [-0.1, -0.05) is 27.7 Å². The molecule has 1 N–H and O–H groups in total. The van der Waals surface area contributed by atoms with Crippen molar-refractivity contribution < 1.29 is 17.8 Å². The van der Waals surface area contributed by atoms with Crippen LogP contribution in [0, 0.1) is 10.8 Å². The van der Waals surface area contributed by atoms with E-state index in [1.807, 2.05) is 13.8 Å². The first-order valence-electron chi connectivity index (χ1n) is 4.86. The van der Waals surface area contributed by atoms with Crippen LogP contribution in [0.4, 0.5) is 0 Å². The maximum absolute atomic E-state index is 10.8. The van der Waals surface area contributed by atoms with Crippen LogP contribution in [0.2, 0.25) is 0 Å². The normalized spacial score (nSPS) is 13.9. The van der Waals surface area contributed by atoms with Crippen LogP contribution < -0.4 is 0 Å². The molecular formula is C10H20O4S. The summed E-state index contributed by atoms with van der Waals surface area (Å²) >= 11 is 0. The molecule has 90 valence electrons. The van der Waals surface area contributed by atoms with Gasteiger partial charge in [0.25, 0.3) is 10.1 Å². The summed E-state index contributed by atoms with van der Waals surface area (Å²) in [5.74, 6) is -0.276. The van der Waals surface area contributed by atoms with Crippen LogP contribution in [0.25, 0.3) is 0 Å². The molecule has 0 heterocycles. The highest BCUT2D eigenvalue weighted by Gasteiger charge is 2.32. The molecule has 0 rings (SSSR count). The predicted octanol–water partition coefficient (Wildman–Crippen LogP) is 1.91. The maximum atomic E-state index is 10.8. The first-order valence-corrected chi connectivity index (χ1v) is 6.47. The zero-order valence-corrected chi connectivity index (χ0v) is 10.6. The summed E-state index contributed by atoms with van der Waals surface area (Å²) in [6.45, 7) is 7.36. The molecular weight excluding hydrogens is 216 g/mol. The van der Waals surface area contributed by atoms with Crippen molar-refractivity contribution in [1.82, 2.24) is 0 Å². The molecule has 0 atom stereocenters. The average molecular weight is 236 g/mol. The minimum atomic E-state index is -3.96. The van der Waals surface area contributed by atoms with E-state index in [0.717, 1.165) is 6.29 Å². The van der Waals surface area contributed by atoms with E-state index in [-0.39, 0.29) is 11.2 Å². The second kappa shape index (κ2) is 4.61. The molecule has 0 aromatic rings. The highest BCUT2D eigenvalue weighted by atomic mass is 32.2. The summed E-state index contributed by atoms with van der Waals surface area (Å²) in [5.41, 5.74) is -0.768. The Morgan fingerprint density at radius 3 is 1.93 bits per heavy atom. The van der Waals surface area contributed by atoms with Crippen molar-refractivity contribution in [3.05, 3.63) is 0 Å². The fourth-order valence-electron chi connectivity index (χ4n) is 2.14. The predicted molar refractivity (Wildman–Crippen MR) is 59.3 cm³/mol. The van der Waals surface area contributed by atoms with Gasteiger partial charge in [-0.3, -0.25) is 4.55 Å². The van der Waals surface area contributed by atoms with Crippen LogP contribution in [-0.2, 0) is 14.9 Å². The van der Waals surface area contributed by atoms with Crippen LogP contribution in [0.5, 0.6) is 0 Å². The van der Waals surface area contributed by atoms with Crippen LogP contribution >= 0.6 is 0 Å². The molecule has 0 bridgehead atoms. The van der Waals surface area contributed by atoms with Gasteiger partial charge in [-0.05, 0) is 17.3 Å². The van der Waals surface area contributed by atoms with Crippen molar-refractivity contribution in [3.8, 4) is 0 Å². The molecule has 0 saturated heterocycles. The fourth-order valence-corrected chi connectivity index (χ4v) is 3.23. The van der Waals surface area contributed by atoms with E-state index in [2.05, 4.69) is 0 Å². The third kappa shape index (κ3) is 7.50. The molecule has 0 aromatic carbocycles. The Kier molecular flexibility index (Phi) is 4.49. The lowest BCUT2D eigenvalue weighted by Gasteiger charge is -2.32. The Morgan fingerprint density at radius 1 is 1.13 bits per heavy atom. The molecule has 0 radical (unpaired) electrons. The molecule has 0 fully saturated rings. The number of aldehydes is 1. The SMILES string of the molecule is CC(C)(CC=O)CC(C)(C)CS(=O)(=O)O. The smallest absolute Gasteiger partial charge is 0.265 e. The summed E-state index contributed by atoms with van der Waals surface area (Å²) in [4.78, 5) is 10.4. The van der Waals surface area contributed by atoms with E-state index in [1.54, 1.807) is 13.8 Å². The van der Waals surface area contributed by atoms with Gasteiger partial charge >= 0.3 is 0 Å². The Labute approximate surface area is 91.8 Å². The molecule has 4 nitrogen and oxygen atoms in total. The molecule has 0 spiro atoms. The average Bonchev–Trinajstić information content (AvgIpc) is 1.74. The van der Waals surface area contributed by atoms with E-state index in [0.29, 0.717) is 12.8 Å². The van der Waals surface area contributed by atoms with Crippen molar-refractivity contribution in [2.75, 3.05) is 5.75 Å². The van der Waals surface area contributed by atoms with Gasteiger partial charge in [-0.25, -0.2) is 0 Å². The highest BCUT2D eigenvalue weighted by Crippen LogP contribution is 2.36. The minimum absolute atomic E-state index is 0.240. The topological polar surface area (TPSA) is 71.4 Å². The Bertz CT molecular complexity index is 314. The summed E-state index contributed by atoms with van der Waals surface area (Å²) < 4.78 is 30.3. The van der Waals surface area contributed by atoms with Gasteiger partial charge in [0.15, 0.2) is 0 Å². The summed E-state index contributed by atoms with van der Waals surface area (Å²) in [6.07, 6.45) is 1.80. The monoisotopic (exact) mass is 236 g/mol. The van der Waals surface area contributed by atoms with E-state index >= 15 is 0 Å². The van der Waals surface area contributed by atoms with E-state index < -0.39 is 15.5 Å². The summed E-state index contributed by atoms with van der Waals surface area (Å²) in [7, 11) is -3.96. The van der Waals surface area contributed by atoms with Gasteiger partial charge in [-0.2, -0.15) is 8.42 Å². The first-order chi connectivity index (χ1) is 6.47. The van der Waals surface area contributed by atoms with Gasteiger partial charge in [0.05, 0.1) is 5.75 Å². The van der Waals surface area contributed by atoms with Gasteiger partial charge in [0.2, 0.25) is 0 Å². The first kappa shape index (κ1) is 14.6. The quantitative estimate of drug-likeness (QED) is 0.565. The van der Waals surface area contributed by atoms with Crippen molar-refractivity contribution in [1.29, 1.82) is 0 Å². The molecule has 5 heteroatoms. The van der Waals surface area contributed by atoms with Gasteiger partial charge in [-0.15, -0.1) is 0 Å². The lowest BCUT2D eigenvalue weighted by molar-refractivity contribution is -0.109. The third-order valence-corrected chi connectivity index (χ3v) is 3.31. The van der Waals surface area contributed by atoms with E-state index in [9.17, 15) is 13.2 Å². The second-order valence-electron chi connectivity index (χ2n) is 5.60. The van der Waals surface area contributed by atoms with Crippen molar-refractivity contribution in [3.63, 3.8) is 0 Å². The molecule has 0 aromatic heterocycles. The molecule has 0 saturated carbocycles. The zero-order valence-electron chi connectivity index (χ0n) is 9.78. The summed E-state index contributed by atoms with van der Waals surface area (Å²) in [5, 5.41) is 0. The van der Waals surface area contributed by atoms with Crippen LogP contribution in [0.1, 0.15) is 40.5 Å². The number of hydrogen-bond acceptors (Lipinski definition) is 3. The van der Waals surface area contributed by atoms with Crippen LogP contribution in [-0.4, -0.2) is 25.0 Å². The summed E-state index contributed by atoms with van der Waals surface area (Å²) in [6, 6.07) is 0. The largest absolute Gasteiger partial charge is 0.303 e. The standard InChI is InChI=1S/C10H20O4S/c1-9(2,5-6-11)7-10(3,4)8-15(12,13)14/h6H,5,7-8H2,1-4H3,(H,12,13,14). The second-order valence-corrected chi connectivity index (χ2v) is 7.05. The van der Waals surface area contributed by atoms with Gasteiger partial charge < -0.3 is 4.79 Å². The zero-order chi connectivity index (χ0) is 12.3. The van der Waals surface area contributed by atoms with Gasteiger partial charge in [0.1, 0.15) is 6.29 Å². The molecule has 0 amide bonds. The lowest BCUT2D eigenvalue weighted by atomic mass is 9.74. The van der Waals surface area contributed by atoms with Crippen molar-refractivity contribution >= 4 is 16.4 Å². The lowest BCUT2D eigenvalue weighted by Crippen LogP contribution is -2.30. The molecule has 0 aliphatic rings. The van der Waals surface area contributed by atoms with Crippen molar-refractivity contribution in [2.24, 2.45) is 10.8 Å². The molecule has 15 heavy (non-hydrogen) atoms. The van der Waals surface area contributed by atoms with Crippen LogP contribution in [0.15, 0.2) is 0 Å². The molecule has 0 aliphatic heterocycles. The minimum Gasteiger partial charge on any atom is -0.303 e. The number of carbonyl (C=O) groups excluding carboxylic acids is 1. The Morgan fingerprint density at radius 2 is 1.60 bits per heavy atom. The van der Waals surface area contributed by atoms with Crippen LogP contribution in [0.3, 0.4) is 0 Å². The number of hydrogen-bond donors (Lipinski definition) is 1. The Hall–Kier alpha value is -0.420. The van der Waals surface area contributed by atoms with E-state index in [4.69, 9.17) is 4.55 Å². The third-order valence-electron chi connectivity index (χ3n) is 2.17.